The highest BCUT2D eigenvalue weighted by atomic mass is 35.5. The van der Waals surface area contributed by atoms with Gasteiger partial charge in [-0.15, -0.1) is 0 Å². The molecule has 1 aliphatic heterocycles. The second-order valence-electron chi connectivity index (χ2n) is 8.39. The number of halogens is 1. The van der Waals surface area contributed by atoms with Gasteiger partial charge in [-0.05, 0) is 49.6 Å². The number of morpholine rings is 1. The smallest absolute Gasteiger partial charge is 0.222 e. The van der Waals surface area contributed by atoms with E-state index in [1.807, 2.05) is 12.1 Å². The molecule has 1 aliphatic rings. The Kier molecular flexibility index (Phi) is 9.76. The molecule has 2 rings (SSSR count). The molecule has 1 heterocycles. The summed E-state index contributed by atoms with van der Waals surface area (Å²) in [6.45, 7) is 9.44. The molecular formula is C23H36ClNO3. The maximum atomic E-state index is 11.1. The summed E-state index contributed by atoms with van der Waals surface area (Å²) in [4.78, 5) is 13.4. The van der Waals surface area contributed by atoms with Crippen LogP contribution in [0.25, 0.3) is 0 Å². The first-order chi connectivity index (χ1) is 13.4. The first-order valence-corrected chi connectivity index (χ1v) is 11.1. The van der Waals surface area contributed by atoms with Crippen molar-refractivity contribution in [1.29, 1.82) is 0 Å². The fourth-order valence-corrected chi connectivity index (χ4v) is 3.82. The molecule has 1 atom stereocenters. The van der Waals surface area contributed by atoms with E-state index in [0.29, 0.717) is 13.0 Å². The minimum absolute atomic E-state index is 0.0122. The highest BCUT2D eigenvalue weighted by Crippen LogP contribution is 2.31. The zero-order valence-corrected chi connectivity index (χ0v) is 18.5. The molecule has 1 saturated heterocycles. The fourth-order valence-electron chi connectivity index (χ4n) is 3.74. The van der Waals surface area contributed by atoms with Crippen molar-refractivity contribution in [3.8, 4) is 5.75 Å². The standard InChI is InChI=1S/C23H36ClNO3/c1-4-5-6-7-8-9-16-27-20-12-10-19(11-13-20)21-17-25(15-14-22(24)26)18-23(2,3)28-21/h10-13,21H,4-9,14-18H2,1-3H3. The maximum absolute atomic E-state index is 11.1. The van der Waals surface area contributed by atoms with Gasteiger partial charge in [0.2, 0.25) is 5.24 Å². The second kappa shape index (κ2) is 11.8. The molecule has 0 saturated carbocycles. The van der Waals surface area contributed by atoms with E-state index in [-0.39, 0.29) is 16.9 Å². The van der Waals surface area contributed by atoms with Gasteiger partial charge < -0.3 is 9.47 Å². The van der Waals surface area contributed by atoms with Crippen molar-refractivity contribution < 1.29 is 14.3 Å². The summed E-state index contributed by atoms with van der Waals surface area (Å²) in [5, 5.41) is -0.285. The molecule has 1 aromatic rings. The Bertz CT molecular complexity index is 588. The van der Waals surface area contributed by atoms with Gasteiger partial charge in [0.05, 0.1) is 18.3 Å². The van der Waals surface area contributed by atoms with Crippen molar-refractivity contribution in [2.75, 3.05) is 26.2 Å². The first kappa shape index (κ1) is 23.2. The zero-order valence-electron chi connectivity index (χ0n) is 17.7. The Morgan fingerprint density at radius 2 is 1.86 bits per heavy atom. The first-order valence-electron chi connectivity index (χ1n) is 10.7. The molecule has 1 unspecified atom stereocenters. The molecular weight excluding hydrogens is 374 g/mol. The van der Waals surface area contributed by atoms with Crippen LogP contribution in [-0.2, 0) is 9.53 Å². The molecule has 0 aliphatic carbocycles. The van der Waals surface area contributed by atoms with E-state index in [4.69, 9.17) is 21.1 Å². The van der Waals surface area contributed by atoms with Crippen LogP contribution in [0, 0.1) is 0 Å². The normalized spacial score (nSPS) is 19.5. The predicted octanol–water partition coefficient (Wildman–Crippen LogP) is 5.73. The van der Waals surface area contributed by atoms with Gasteiger partial charge in [0.1, 0.15) is 5.75 Å². The SMILES string of the molecule is CCCCCCCCOc1ccc(C2CN(CCC(=O)Cl)CC(C)(C)O2)cc1. The molecule has 5 heteroatoms. The van der Waals surface area contributed by atoms with E-state index < -0.39 is 0 Å². The number of rotatable bonds is 12. The van der Waals surface area contributed by atoms with E-state index in [2.05, 4.69) is 37.8 Å². The third kappa shape index (κ3) is 8.50. The number of benzene rings is 1. The van der Waals surface area contributed by atoms with Crippen LogP contribution < -0.4 is 4.74 Å². The molecule has 0 amide bonds. The van der Waals surface area contributed by atoms with Crippen LogP contribution >= 0.6 is 11.6 Å². The summed E-state index contributed by atoms with van der Waals surface area (Å²) in [6, 6.07) is 8.25. The number of nitrogens with zero attached hydrogens (tertiary/aromatic N) is 1. The fraction of sp³-hybridized carbons (Fsp3) is 0.696. The van der Waals surface area contributed by atoms with Crippen molar-refractivity contribution in [3.63, 3.8) is 0 Å². The summed E-state index contributed by atoms with van der Waals surface area (Å²) in [7, 11) is 0. The van der Waals surface area contributed by atoms with Crippen molar-refractivity contribution in [3.05, 3.63) is 29.8 Å². The zero-order chi connectivity index (χ0) is 20.4. The molecule has 4 nitrogen and oxygen atoms in total. The van der Waals surface area contributed by atoms with Gasteiger partial charge in [0.15, 0.2) is 0 Å². The maximum Gasteiger partial charge on any atom is 0.222 e. The molecule has 0 spiro atoms. The Morgan fingerprint density at radius 1 is 1.18 bits per heavy atom. The van der Waals surface area contributed by atoms with Crippen molar-refractivity contribution in [2.45, 2.75) is 77.4 Å². The van der Waals surface area contributed by atoms with Gasteiger partial charge in [-0.3, -0.25) is 9.69 Å². The van der Waals surface area contributed by atoms with Crippen LogP contribution in [0.5, 0.6) is 5.75 Å². The molecule has 0 radical (unpaired) electrons. The summed E-state index contributed by atoms with van der Waals surface area (Å²) >= 11 is 5.51. The number of hydrogen-bond acceptors (Lipinski definition) is 4. The number of unbranched alkanes of at least 4 members (excludes halogenated alkanes) is 5. The summed E-state index contributed by atoms with van der Waals surface area (Å²) in [5.74, 6) is 0.914. The van der Waals surface area contributed by atoms with Crippen LogP contribution in [0.4, 0.5) is 0 Å². The predicted molar refractivity (Wildman–Crippen MR) is 115 cm³/mol. The van der Waals surface area contributed by atoms with Crippen LogP contribution in [0.1, 0.15) is 77.4 Å². The highest BCUT2D eigenvalue weighted by molar-refractivity contribution is 6.63. The summed E-state index contributed by atoms with van der Waals surface area (Å²) < 4.78 is 12.2. The summed E-state index contributed by atoms with van der Waals surface area (Å²) in [5.41, 5.74) is 0.882. The van der Waals surface area contributed by atoms with E-state index in [0.717, 1.165) is 37.4 Å². The molecule has 0 N–H and O–H groups in total. The Labute approximate surface area is 175 Å². The van der Waals surface area contributed by atoms with E-state index in [9.17, 15) is 4.79 Å². The lowest BCUT2D eigenvalue weighted by molar-refractivity contribution is -0.139. The number of ether oxygens (including phenoxy) is 2. The van der Waals surface area contributed by atoms with Crippen molar-refractivity contribution >= 4 is 16.8 Å². The van der Waals surface area contributed by atoms with Crippen LogP contribution in [0.2, 0.25) is 0 Å². The van der Waals surface area contributed by atoms with E-state index in [1.54, 1.807) is 0 Å². The average Bonchev–Trinajstić information content (AvgIpc) is 2.65. The quantitative estimate of drug-likeness (QED) is 0.326. The largest absolute Gasteiger partial charge is 0.494 e. The Hall–Kier alpha value is -1.10. The van der Waals surface area contributed by atoms with Crippen LogP contribution in [0.15, 0.2) is 24.3 Å². The molecule has 0 bridgehead atoms. The lowest BCUT2D eigenvalue weighted by atomic mass is 10.0. The molecule has 1 aromatic carbocycles. The number of hydrogen-bond donors (Lipinski definition) is 0. The van der Waals surface area contributed by atoms with E-state index in [1.165, 1.54) is 32.1 Å². The van der Waals surface area contributed by atoms with Crippen molar-refractivity contribution in [2.24, 2.45) is 0 Å². The number of carbonyl (C=O) groups excluding carboxylic acids is 1. The summed E-state index contributed by atoms with van der Waals surface area (Å²) in [6.07, 6.45) is 7.96. The lowest BCUT2D eigenvalue weighted by Crippen LogP contribution is -2.49. The third-order valence-electron chi connectivity index (χ3n) is 5.13. The van der Waals surface area contributed by atoms with Crippen molar-refractivity contribution in [1.82, 2.24) is 4.90 Å². The molecule has 0 aromatic heterocycles. The molecule has 158 valence electrons. The molecule has 1 fully saturated rings. The lowest BCUT2D eigenvalue weighted by Gasteiger charge is -2.43. The van der Waals surface area contributed by atoms with Crippen LogP contribution in [-0.4, -0.2) is 42.0 Å². The minimum atomic E-state index is -0.285. The van der Waals surface area contributed by atoms with E-state index >= 15 is 0 Å². The van der Waals surface area contributed by atoms with Gasteiger partial charge in [-0.1, -0.05) is 51.2 Å². The molecule has 28 heavy (non-hydrogen) atoms. The monoisotopic (exact) mass is 409 g/mol. The van der Waals surface area contributed by atoms with Gasteiger partial charge >= 0.3 is 0 Å². The second-order valence-corrected chi connectivity index (χ2v) is 8.81. The van der Waals surface area contributed by atoms with Gasteiger partial charge in [-0.25, -0.2) is 0 Å². The van der Waals surface area contributed by atoms with Gasteiger partial charge in [-0.2, -0.15) is 0 Å². The third-order valence-corrected chi connectivity index (χ3v) is 5.32. The van der Waals surface area contributed by atoms with Gasteiger partial charge in [0.25, 0.3) is 0 Å². The highest BCUT2D eigenvalue weighted by Gasteiger charge is 2.34. The minimum Gasteiger partial charge on any atom is -0.494 e. The topological polar surface area (TPSA) is 38.8 Å². The average molecular weight is 410 g/mol. The van der Waals surface area contributed by atoms with Gasteiger partial charge in [0, 0.05) is 26.1 Å². The van der Waals surface area contributed by atoms with Crippen LogP contribution in [0.3, 0.4) is 0 Å². The Balaban J connectivity index is 1.81. The number of carbonyl (C=O) groups is 1. The Morgan fingerprint density at radius 3 is 2.54 bits per heavy atom.